The van der Waals surface area contributed by atoms with Crippen LogP contribution in [0.5, 0.6) is 0 Å². The number of carbonyl (C=O) groups excluding carboxylic acids is 1. The zero-order valence-electron chi connectivity index (χ0n) is 13.8. The summed E-state index contributed by atoms with van der Waals surface area (Å²) in [7, 11) is 3.41. The average molecular weight is 298 g/mol. The Balaban J connectivity index is 2.68. The van der Waals surface area contributed by atoms with E-state index in [1.807, 2.05) is 27.7 Å². The van der Waals surface area contributed by atoms with Crippen molar-refractivity contribution in [2.75, 3.05) is 26.9 Å². The third kappa shape index (κ3) is 5.13. The van der Waals surface area contributed by atoms with Crippen molar-refractivity contribution in [1.29, 1.82) is 0 Å². The standard InChI is InChI=1S/C15H26N2O4/c1-11-12(9-16-17(11)5)14(18)21-13(15(2,3)4)10-20-8-7-19-6/h9,13H,7-8,10H2,1-6H3. The summed E-state index contributed by atoms with van der Waals surface area (Å²) in [5.74, 6) is -0.365. The number of hydrogen-bond acceptors (Lipinski definition) is 5. The first kappa shape index (κ1) is 17.7. The van der Waals surface area contributed by atoms with E-state index in [0.29, 0.717) is 25.4 Å². The van der Waals surface area contributed by atoms with E-state index < -0.39 is 0 Å². The summed E-state index contributed by atoms with van der Waals surface area (Å²) < 4.78 is 17.7. The van der Waals surface area contributed by atoms with E-state index in [-0.39, 0.29) is 17.5 Å². The molecular weight excluding hydrogens is 272 g/mol. The van der Waals surface area contributed by atoms with Crippen molar-refractivity contribution in [1.82, 2.24) is 9.78 Å². The molecule has 0 aliphatic heterocycles. The molecule has 21 heavy (non-hydrogen) atoms. The summed E-state index contributed by atoms with van der Waals surface area (Å²) in [5.41, 5.74) is 1.07. The minimum Gasteiger partial charge on any atom is -0.456 e. The lowest BCUT2D eigenvalue weighted by molar-refractivity contribution is -0.0511. The van der Waals surface area contributed by atoms with Crippen molar-refractivity contribution >= 4 is 5.97 Å². The van der Waals surface area contributed by atoms with E-state index in [1.54, 1.807) is 18.8 Å². The van der Waals surface area contributed by atoms with Gasteiger partial charge in [0, 0.05) is 25.3 Å². The van der Waals surface area contributed by atoms with Crippen molar-refractivity contribution in [2.45, 2.75) is 33.8 Å². The van der Waals surface area contributed by atoms with Gasteiger partial charge >= 0.3 is 5.97 Å². The van der Waals surface area contributed by atoms with Gasteiger partial charge in [0.15, 0.2) is 0 Å². The third-order valence-corrected chi connectivity index (χ3v) is 3.37. The summed E-state index contributed by atoms with van der Waals surface area (Å²) in [6.45, 7) is 9.23. The van der Waals surface area contributed by atoms with E-state index in [1.165, 1.54) is 6.20 Å². The van der Waals surface area contributed by atoms with Crippen LogP contribution in [0.1, 0.15) is 36.8 Å². The van der Waals surface area contributed by atoms with Crippen LogP contribution in [0, 0.1) is 12.3 Å². The fourth-order valence-corrected chi connectivity index (χ4v) is 1.69. The Kier molecular flexibility index (Phi) is 6.36. The van der Waals surface area contributed by atoms with Crippen LogP contribution in [0.15, 0.2) is 6.20 Å². The number of carbonyl (C=O) groups is 1. The lowest BCUT2D eigenvalue weighted by atomic mass is 9.89. The van der Waals surface area contributed by atoms with Crippen LogP contribution in [-0.2, 0) is 21.3 Å². The van der Waals surface area contributed by atoms with Gasteiger partial charge < -0.3 is 14.2 Å². The predicted octanol–water partition coefficient (Wildman–Crippen LogP) is 1.96. The topological polar surface area (TPSA) is 62.6 Å². The molecule has 0 aliphatic carbocycles. The van der Waals surface area contributed by atoms with Crippen molar-refractivity contribution in [3.63, 3.8) is 0 Å². The average Bonchev–Trinajstić information content (AvgIpc) is 2.72. The van der Waals surface area contributed by atoms with E-state index in [9.17, 15) is 4.79 Å². The summed E-state index contributed by atoms with van der Waals surface area (Å²) in [4.78, 5) is 12.3. The Hall–Kier alpha value is -1.40. The highest BCUT2D eigenvalue weighted by Crippen LogP contribution is 2.24. The number of esters is 1. The van der Waals surface area contributed by atoms with Crippen molar-refractivity contribution in [2.24, 2.45) is 12.5 Å². The molecule has 6 heteroatoms. The largest absolute Gasteiger partial charge is 0.456 e. The molecule has 1 rings (SSSR count). The molecule has 0 N–H and O–H groups in total. The minimum absolute atomic E-state index is 0.209. The van der Waals surface area contributed by atoms with Crippen LogP contribution < -0.4 is 0 Å². The molecule has 0 saturated carbocycles. The van der Waals surface area contributed by atoms with Gasteiger partial charge in [0.25, 0.3) is 0 Å². The van der Waals surface area contributed by atoms with Gasteiger partial charge in [0.2, 0.25) is 0 Å². The van der Waals surface area contributed by atoms with Gasteiger partial charge in [0.05, 0.1) is 26.0 Å². The maximum absolute atomic E-state index is 12.3. The Morgan fingerprint density at radius 3 is 2.52 bits per heavy atom. The normalized spacial score (nSPS) is 13.2. The van der Waals surface area contributed by atoms with E-state index in [0.717, 1.165) is 5.69 Å². The van der Waals surface area contributed by atoms with E-state index >= 15 is 0 Å². The summed E-state index contributed by atoms with van der Waals surface area (Å²) in [5, 5.41) is 4.06. The summed E-state index contributed by atoms with van der Waals surface area (Å²) in [6, 6.07) is 0. The monoisotopic (exact) mass is 298 g/mol. The van der Waals surface area contributed by atoms with Gasteiger partial charge in [-0.3, -0.25) is 4.68 Å². The van der Waals surface area contributed by atoms with Gasteiger partial charge in [0.1, 0.15) is 11.7 Å². The molecule has 0 aromatic carbocycles. The zero-order chi connectivity index (χ0) is 16.0. The van der Waals surface area contributed by atoms with E-state index in [2.05, 4.69) is 5.10 Å². The molecule has 1 aromatic rings. The molecule has 0 fully saturated rings. The van der Waals surface area contributed by atoms with Gasteiger partial charge in [-0.15, -0.1) is 0 Å². The van der Waals surface area contributed by atoms with Crippen LogP contribution in [0.4, 0.5) is 0 Å². The maximum Gasteiger partial charge on any atom is 0.341 e. The van der Waals surface area contributed by atoms with Crippen LogP contribution in [-0.4, -0.2) is 48.8 Å². The highest BCUT2D eigenvalue weighted by molar-refractivity contribution is 5.90. The number of aryl methyl sites for hydroxylation is 1. The molecule has 0 bridgehead atoms. The molecule has 0 radical (unpaired) electrons. The molecule has 0 amide bonds. The number of nitrogens with zero attached hydrogens (tertiary/aromatic N) is 2. The molecule has 0 saturated heterocycles. The quantitative estimate of drug-likeness (QED) is 0.569. The number of hydrogen-bond donors (Lipinski definition) is 0. The third-order valence-electron chi connectivity index (χ3n) is 3.37. The maximum atomic E-state index is 12.3. The molecule has 120 valence electrons. The van der Waals surface area contributed by atoms with Gasteiger partial charge in [-0.2, -0.15) is 5.10 Å². The van der Waals surface area contributed by atoms with Crippen LogP contribution in [0.2, 0.25) is 0 Å². The smallest absolute Gasteiger partial charge is 0.341 e. The van der Waals surface area contributed by atoms with Crippen LogP contribution in [0.3, 0.4) is 0 Å². The van der Waals surface area contributed by atoms with E-state index in [4.69, 9.17) is 14.2 Å². The second-order valence-electron chi connectivity index (χ2n) is 6.09. The fraction of sp³-hybridized carbons (Fsp3) is 0.733. The Morgan fingerprint density at radius 1 is 1.38 bits per heavy atom. The molecule has 0 aliphatic rings. The van der Waals surface area contributed by atoms with Crippen molar-refractivity contribution in [3.8, 4) is 0 Å². The van der Waals surface area contributed by atoms with Gasteiger partial charge in [-0.25, -0.2) is 4.79 Å². The molecular formula is C15H26N2O4. The van der Waals surface area contributed by atoms with Gasteiger partial charge in [-0.1, -0.05) is 20.8 Å². The summed E-state index contributed by atoms with van der Waals surface area (Å²) >= 11 is 0. The SMILES string of the molecule is COCCOCC(OC(=O)c1cnn(C)c1C)C(C)(C)C. The van der Waals surface area contributed by atoms with Crippen molar-refractivity contribution in [3.05, 3.63) is 17.5 Å². The zero-order valence-corrected chi connectivity index (χ0v) is 13.8. The Bertz CT molecular complexity index is 463. The molecule has 0 spiro atoms. The first-order valence-corrected chi connectivity index (χ1v) is 7.03. The highest BCUT2D eigenvalue weighted by atomic mass is 16.6. The molecule has 1 heterocycles. The highest BCUT2D eigenvalue weighted by Gasteiger charge is 2.30. The number of rotatable bonds is 7. The Labute approximate surface area is 126 Å². The molecule has 1 aromatic heterocycles. The van der Waals surface area contributed by atoms with Crippen molar-refractivity contribution < 1.29 is 19.0 Å². The summed E-state index contributed by atoms with van der Waals surface area (Å²) in [6.07, 6.45) is 1.20. The van der Waals surface area contributed by atoms with Crippen LogP contribution in [0.25, 0.3) is 0 Å². The number of methoxy groups -OCH3 is 1. The second kappa shape index (κ2) is 7.56. The van der Waals surface area contributed by atoms with Gasteiger partial charge in [-0.05, 0) is 6.92 Å². The predicted molar refractivity (Wildman–Crippen MR) is 79.3 cm³/mol. The lowest BCUT2D eigenvalue weighted by Gasteiger charge is -2.30. The first-order valence-electron chi connectivity index (χ1n) is 7.03. The minimum atomic E-state index is -0.365. The van der Waals surface area contributed by atoms with Crippen LogP contribution >= 0.6 is 0 Å². The molecule has 1 unspecified atom stereocenters. The Morgan fingerprint density at radius 2 is 2.05 bits per heavy atom. The second-order valence-corrected chi connectivity index (χ2v) is 6.09. The fourth-order valence-electron chi connectivity index (χ4n) is 1.69. The number of ether oxygens (including phenoxy) is 3. The lowest BCUT2D eigenvalue weighted by Crippen LogP contribution is -2.36. The molecule has 1 atom stereocenters. The molecule has 6 nitrogen and oxygen atoms in total. The number of aromatic nitrogens is 2. The first-order chi connectivity index (χ1) is 9.77.